The average Bonchev–Trinajstić information content (AvgIpc) is 3.52. The van der Waals surface area contributed by atoms with Crippen molar-refractivity contribution in [2.45, 2.75) is 12.4 Å². The van der Waals surface area contributed by atoms with Crippen molar-refractivity contribution >= 4 is 0 Å². The van der Waals surface area contributed by atoms with Gasteiger partial charge in [-0.05, 0) is 45.1 Å². The minimum absolute atomic E-state index is 0.0390. The summed E-state index contributed by atoms with van der Waals surface area (Å²) in [6.45, 7) is -2.82. The summed E-state index contributed by atoms with van der Waals surface area (Å²) in [5, 5.41) is 13.2. The van der Waals surface area contributed by atoms with E-state index < -0.39 is 42.1 Å². The van der Waals surface area contributed by atoms with Crippen LogP contribution in [0.2, 0.25) is 0 Å². The molecule has 37 heavy (non-hydrogen) atoms. The van der Waals surface area contributed by atoms with E-state index in [4.69, 9.17) is 9.60 Å². The molecule has 5 aromatic carbocycles. The van der Waals surface area contributed by atoms with E-state index in [-0.39, 0.29) is 5.56 Å². The lowest BCUT2D eigenvalue weighted by Crippen LogP contribution is -2.39. The van der Waals surface area contributed by atoms with E-state index in [2.05, 4.69) is 15.5 Å². The van der Waals surface area contributed by atoms with Crippen LogP contribution in [0.25, 0.3) is 22.5 Å². The van der Waals surface area contributed by atoms with Crippen molar-refractivity contribution < 1.29 is 9.60 Å². The van der Waals surface area contributed by atoms with Crippen LogP contribution in [0, 0.1) is 6.85 Å². The number of aromatic nitrogens is 4. The Kier molecular flexibility index (Phi) is 4.19. The fourth-order valence-corrected chi connectivity index (χ4v) is 4.83. The lowest BCUT2D eigenvalue weighted by atomic mass is 9.77. The summed E-state index contributed by atoms with van der Waals surface area (Å²) in [6, 6.07) is 34.3. The van der Waals surface area contributed by atoms with Crippen LogP contribution >= 0.6 is 0 Å². The lowest BCUT2D eigenvalue weighted by molar-refractivity contribution is 0.451. The van der Waals surface area contributed by atoms with Crippen molar-refractivity contribution in [1.82, 2.24) is 20.2 Å². The van der Waals surface area contributed by atoms with E-state index in [0.717, 1.165) is 16.7 Å². The van der Waals surface area contributed by atoms with Crippen molar-refractivity contribution in [2.75, 3.05) is 0 Å². The van der Waals surface area contributed by atoms with Gasteiger partial charge in [-0.15, -0.1) is 5.10 Å². The van der Waals surface area contributed by atoms with Gasteiger partial charge in [-0.3, -0.25) is 0 Å². The molecule has 0 bridgehead atoms. The van der Waals surface area contributed by atoms with E-state index in [1.165, 1.54) is 0 Å². The van der Waals surface area contributed by atoms with Gasteiger partial charge >= 0.3 is 0 Å². The highest BCUT2D eigenvalue weighted by molar-refractivity contribution is 5.81. The summed E-state index contributed by atoms with van der Waals surface area (Å²) in [5.41, 5.74) is 1.72. The molecule has 1 aromatic heterocycles. The number of tetrazole rings is 1. The number of hydrogen-bond acceptors (Lipinski definition) is 3. The Bertz CT molecular complexity index is 1820. The van der Waals surface area contributed by atoms with E-state index in [1.807, 2.05) is 91.0 Å². The molecule has 0 unspecified atom stereocenters. The van der Waals surface area contributed by atoms with Gasteiger partial charge in [0, 0.05) is 9.68 Å². The summed E-state index contributed by atoms with van der Waals surface area (Å²) in [5.74, 6) is 0.314. The van der Waals surface area contributed by atoms with Gasteiger partial charge < -0.3 is 0 Å². The Morgan fingerprint density at radius 1 is 0.622 bits per heavy atom. The van der Waals surface area contributed by atoms with Crippen LogP contribution in [-0.4, -0.2) is 20.2 Å². The zero-order valence-corrected chi connectivity index (χ0v) is 19.8. The third-order valence-corrected chi connectivity index (χ3v) is 6.42. The quantitative estimate of drug-likeness (QED) is 0.235. The molecule has 178 valence electrons. The Hall–Kier alpha value is -4.83. The third-order valence-electron chi connectivity index (χ3n) is 6.42. The first-order chi connectivity index (χ1) is 21.2. The Balaban J connectivity index is 1.70. The minimum Gasteiger partial charge on any atom is -0.205 e. The molecule has 0 aliphatic rings. The normalized spacial score (nSPS) is 14.4. The van der Waals surface area contributed by atoms with Crippen LogP contribution in [0.5, 0.6) is 0 Å². The lowest BCUT2D eigenvalue weighted by Gasteiger charge is -2.36. The number of hydrogen-bond donors (Lipinski definition) is 0. The van der Waals surface area contributed by atoms with Gasteiger partial charge in [-0.2, -0.15) is 0 Å². The molecule has 0 fully saturated rings. The molecule has 0 N–H and O–H groups in total. The highest BCUT2D eigenvalue weighted by Gasteiger charge is 2.42. The van der Waals surface area contributed by atoms with Crippen LogP contribution in [0.1, 0.15) is 31.8 Å². The maximum Gasteiger partial charge on any atom is 0.184 e. The fraction of sp³-hybridized carbons (Fsp3) is 0.0606. The van der Waals surface area contributed by atoms with Crippen LogP contribution in [-0.2, 0) is 5.54 Å². The van der Waals surface area contributed by atoms with Gasteiger partial charge in [-0.1, -0.05) is 145 Å². The predicted octanol–water partition coefficient (Wildman–Crippen LogP) is 7.16. The summed E-state index contributed by atoms with van der Waals surface area (Å²) < 4.78 is 59.8. The molecule has 0 atom stereocenters. The van der Waals surface area contributed by atoms with Gasteiger partial charge in [0.15, 0.2) is 5.82 Å². The maximum absolute atomic E-state index is 8.79. The van der Waals surface area contributed by atoms with Gasteiger partial charge in [0.2, 0.25) is 0 Å². The molecule has 0 amide bonds. The van der Waals surface area contributed by atoms with E-state index in [0.29, 0.717) is 17.0 Å². The summed E-state index contributed by atoms with van der Waals surface area (Å²) in [7, 11) is 0. The van der Waals surface area contributed by atoms with E-state index in [9.17, 15) is 0 Å². The molecule has 6 aromatic rings. The van der Waals surface area contributed by atoms with Gasteiger partial charge in [0.25, 0.3) is 0 Å². The highest BCUT2D eigenvalue weighted by atomic mass is 15.6. The topological polar surface area (TPSA) is 43.6 Å². The monoisotopic (exact) mass is 485 g/mol. The first kappa shape index (κ1) is 16.0. The molecule has 4 nitrogen and oxygen atoms in total. The van der Waals surface area contributed by atoms with Crippen LogP contribution in [0.3, 0.4) is 0 Å². The van der Waals surface area contributed by atoms with Gasteiger partial charge in [0.1, 0.15) is 5.54 Å². The predicted molar refractivity (Wildman–Crippen MR) is 148 cm³/mol. The molecule has 0 aliphatic heterocycles. The number of benzene rings is 5. The largest absolute Gasteiger partial charge is 0.205 e. The standard InChI is InChI=1S/C33H26N4/c1-25-21-23-26(24-22-25)30-19-11-12-20-31(30)32-34-35-36-37(32)33(27-13-5-2-6-14-27,28-15-7-3-8-16-28)29-17-9-4-10-18-29/h2-24H,1H3/i1D3,21D,22D,23D,24D. The number of rotatable bonds is 6. The van der Waals surface area contributed by atoms with Crippen molar-refractivity contribution in [2.24, 2.45) is 0 Å². The first-order valence-electron chi connectivity index (χ1n) is 15.3. The molecule has 0 saturated carbocycles. The summed E-state index contributed by atoms with van der Waals surface area (Å²) >= 11 is 0. The molecule has 4 heteroatoms. The SMILES string of the molecule is [2H]c1c([2H])c(C([2H])([2H])[2H])c([2H])c([2H])c1-c1ccccc1-c1nnnn1C(c1ccccc1)(c1ccccc1)c1ccccc1. The molecule has 0 radical (unpaired) electrons. The van der Waals surface area contributed by atoms with Crippen LogP contribution in [0.4, 0.5) is 0 Å². The molecule has 0 saturated heterocycles. The summed E-state index contributed by atoms with van der Waals surface area (Å²) in [4.78, 5) is 0. The minimum atomic E-state index is -2.82. The van der Waals surface area contributed by atoms with Gasteiger partial charge in [0.05, 0.1) is 5.48 Å². The van der Waals surface area contributed by atoms with E-state index >= 15 is 0 Å². The molecular weight excluding hydrogens is 452 g/mol. The average molecular weight is 486 g/mol. The van der Waals surface area contributed by atoms with Crippen molar-refractivity contribution in [3.63, 3.8) is 0 Å². The first-order valence-corrected chi connectivity index (χ1v) is 11.8. The summed E-state index contributed by atoms with van der Waals surface area (Å²) in [6.07, 6.45) is 0. The third kappa shape index (κ3) is 3.93. The van der Waals surface area contributed by atoms with Gasteiger partial charge in [-0.25, -0.2) is 4.68 Å². The molecule has 0 spiro atoms. The zero-order valence-electron chi connectivity index (χ0n) is 26.8. The van der Waals surface area contributed by atoms with Crippen molar-refractivity contribution in [3.05, 3.63) is 162 Å². The molecule has 6 rings (SSSR count). The smallest absolute Gasteiger partial charge is 0.184 e. The molecular formula is C33H26N4. The van der Waals surface area contributed by atoms with E-state index in [1.54, 1.807) is 28.9 Å². The Morgan fingerprint density at radius 2 is 1.11 bits per heavy atom. The van der Waals surface area contributed by atoms with Crippen molar-refractivity contribution in [3.8, 4) is 22.5 Å². The van der Waals surface area contributed by atoms with Crippen molar-refractivity contribution in [1.29, 1.82) is 0 Å². The number of nitrogens with zero attached hydrogens (tertiary/aromatic N) is 4. The maximum atomic E-state index is 8.79. The van der Waals surface area contributed by atoms with Crippen LogP contribution in [0.15, 0.2) is 139 Å². The molecule has 0 aliphatic carbocycles. The Labute approximate surface area is 226 Å². The second kappa shape index (κ2) is 9.67. The fourth-order valence-electron chi connectivity index (χ4n) is 4.83. The Morgan fingerprint density at radius 3 is 1.62 bits per heavy atom. The zero-order chi connectivity index (χ0) is 31.1. The second-order valence-electron chi connectivity index (χ2n) is 8.52. The highest BCUT2D eigenvalue weighted by Crippen LogP contribution is 2.43. The van der Waals surface area contributed by atoms with Crippen LogP contribution < -0.4 is 0 Å². The second-order valence-corrected chi connectivity index (χ2v) is 8.52. The molecule has 1 heterocycles.